The van der Waals surface area contributed by atoms with Crippen LogP contribution in [0.4, 0.5) is 0 Å². The van der Waals surface area contributed by atoms with Gasteiger partial charge in [-0.3, -0.25) is 9.36 Å². The van der Waals surface area contributed by atoms with Crippen LogP contribution < -0.4 is 5.56 Å². The average Bonchev–Trinajstić information content (AvgIpc) is 3.20. The highest BCUT2D eigenvalue weighted by Crippen LogP contribution is 2.32. The maximum absolute atomic E-state index is 13.7. The number of rotatable bonds is 5. The number of benzene rings is 1. The highest BCUT2D eigenvalue weighted by Gasteiger charge is 2.20. The van der Waals surface area contributed by atoms with E-state index in [9.17, 15) is 4.79 Å². The van der Waals surface area contributed by atoms with Crippen LogP contribution in [0.25, 0.3) is 15.9 Å². The van der Waals surface area contributed by atoms with E-state index in [0.29, 0.717) is 10.9 Å². The van der Waals surface area contributed by atoms with Gasteiger partial charge in [0.15, 0.2) is 5.16 Å². The molecule has 0 aliphatic rings. The summed E-state index contributed by atoms with van der Waals surface area (Å²) in [7, 11) is 0. The Kier molecular flexibility index (Phi) is 5.59. The van der Waals surface area contributed by atoms with Crippen molar-refractivity contribution in [3.63, 3.8) is 0 Å². The van der Waals surface area contributed by atoms with E-state index >= 15 is 0 Å². The molecule has 0 aliphatic heterocycles. The van der Waals surface area contributed by atoms with Crippen LogP contribution in [0.3, 0.4) is 0 Å². The van der Waals surface area contributed by atoms with E-state index in [1.807, 2.05) is 19.9 Å². The quantitative estimate of drug-likeness (QED) is 0.289. The van der Waals surface area contributed by atoms with Crippen molar-refractivity contribution < 1.29 is 4.52 Å². The maximum Gasteiger partial charge on any atom is 0.267 e. The van der Waals surface area contributed by atoms with Gasteiger partial charge in [0, 0.05) is 16.2 Å². The Morgan fingerprint density at radius 3 is 2.50 bits per heavy atom. The second kappa shape index (κ2) is 8.04. The minimum absolute atomic E-state index is 0.00529. The van der Waals surface area contributed by atoms with Crippen LogP contribution in [0.1, 0.15) is 45.5 Å². The van der Waals surface area contributed by atoms with Crippen molar-refractivity contribution in [1.82, 2.24) is 14.7 Å². The van der Waals surface area contributed by atoms with Gasteiger partial charge < -0.3 is 4.52 Å². The molecule has 0 saturated carbocycles. The summed E-state index contributed by atoms with van der Waals surface area (Å²) < 4.78 is 7.07. The van der Waals surface area contributed by atoms with Gasteiger partial charge in [-0.15, -0.1) is 11.3 Å². The van der Waals surface area contributed by atoms with Crippen molar-refractivity contribution >= 4 is 33.3 Å². The standard InChI is InChI=1S/C23H25N3O2S2/c1-7-18-16(6)30-21-20(18)22(27)26(17-9-8-12(2)13(3)10-17)23(24-21)29-11-19-14(4)25-28-15(19)5/h8-10H,7,11H2,1-6H3. The molecule has 0 bridgehead atoms. The number of hydrogen-bond acceptors (Lipinski definition) is 6. The highest BCUT2D eigenvalue weighted by atomic mass is 32.2. The third-order valence-corrected chi connectivity index (χ3v) is 7.63. The summed E-state index contributed by atoms with van der Waals surface area (Å²) in [6.45, 7) is 12.2. The monoisotopic (exact) mass is 439 g/mol. The van der Waals surface area contributed by atoms with Crippen molar-refractivity contribution in [1.29, 1.82) is 0 Å². The fourth-order valence-electron chi connectivity index (χ4n) is 3.66. The Balaban J connectivity index is 1.93. The van der Waals surface area contributed by atoms with Crippen LogP contribution in [-0.2, 0) is 12.2 Å². The molecule has 0 radical (unpaired) electrons. The van der Waals surface area contributed by atoms with Crippen LogP contribution in [0, 0.1) is 34.6 Å². The Labute approximate surface area is 184 Å². The molecule has 0 aliphatic carbocycles. The zero-order chi connectivity index (χ0) is 21.6. The van der Waals surface area contributed by atoms with E-state index in [0.717, 1.165) is 55.3 Å². The molecule has 0 spiro atoms. The number of aryl methyl sites for hydroxylation is 6. The lowest BCUT2D eigenvalue weighted by atomic mass is 10.1. The Morgan fingerprint density at radius 1 is 1.10 bits per heavy atom. The van der Waals surface area contributed by atoms with E-state index in [2.05, 4.69) is 45.0 Å². The zero-order valence-electron chi connectivity index (χ0n) is 18.1. The van der Waals surface area contributed by atoms with Gasteiger partial charge in [0.05, 0.1) is 16.8 Å². The third kappa shape index (κ3) is 3.50. The van der Waals surface area contributed by atoms with Gasteiger partial charge in [0.2, 0.25) is 0 Å². The second-order valence-corrected chi connectivity index (χ2v) is 9.71. The predicted molar refractivity (Wildman–Crippen MR) is 124 cm³/mol. The average molecular weight is 440 g/mol. The molecule has 5 nitrogen and oxygen atoms in total. The Morgan fingerprint density at radius 2 is 1.87 bits per heavy atom. The zero-order valence-corrected chi connectivity index (χ0v) is 19.8. The molecule has 0 atom stereocenters. The summed E-state index contributed by atoms with van der Waals surface area (Å²) in [5, 5.41) is 5.49. The van der Waals surface area contributed by atoms with Crippen molar-refractivity contribution in [3.8, 4) is 5.69 Å². The molecule has 3 aromatic heterocycles. The molecule has 156 valence electrons. The molecular weight excluding hydrogens is 414 g/mol. The summed E-state index contributed by atoms with van der Waals surface area (Å²) in [6.07, 6.45) is 0.821. The third-order valence-electron chi connectivity index (χ3n) is 5.62. The Bertz CT molecular complexity index is 1290. The lowest BCUT2D eigenvalue weighted by Crippen LogP contribution is -2.22. The molecule has 3 heterocycles. The van der Waals surface area contributed by atoms with Gasteiger partial charge in [-0.1, -0.05) is 29.9 Å². The van der Waals surface area contributed by atoms with Crippen molar-refractivity contribution in [2.75, 3.05) is 0 Å². The first-order valence-corrected chi connectivity index (χ1v) is 11.8. The number of thiophene rings is 1. The lowest BCUT2D eigenvalue weighted by molar-refractivity contribution is 0.392. The molecule has 1 aromatic carbocycles. The van der Waals surface area contributed by atoms with Crippen LogP contribution in [0.5, 0.6) is 0 Å². The first-order valence-electron chi connectivity index (χ1n) is 9.99. The van der Waals surface area contributed by atoms with Crippen molar-refractivity contribution in [2.45, 2.75) is 58.9 Å². The number of fused-ring (bicyclic) bond motifs is 1. The van der Waals surface area contributed by atoms with Crippen LogP contribution in [0.2, 0.25) is 0 Å². The number of hydrogen-bond donors (Lipinski definition) is 0. The number of nitrogens with zero attached hydrogens (tertiary/aromatic N) is 3. The molecular formula is C23H25N3O2S2. The second-order valence-electron chi connectivity index (χ2n) is 7.57. The van der Waals surface area contributed by atoms with E-state index in [4.69, 9.17) is 9.51 Å². The minimum Gasteiger partial charge on any atom is -0.361 e. The van der Waals surface area contributed by atoms with Gasteiger partial charge in [-0.25, -0.2) is 4.98 Å². The number of aromatic nitrogens is 3. The lowest BCUT2D eigenvalue weighted by Gasteiger charge is -2.14. The predicted octanol–water partition coefficient (Wildman–Crippen LogP) is 5.83. The van der Waals surface area contributed by atoms with Gasteiger partial charge in [-0.2, -0.15) is 0 Å². The molecule has 0 fully saturated rings. The molecule has 4 aromatic rings. The molecule has 4 rings (SSSR count). The highest BCUT2D eigenvalue weighted by molar-refractivity contribution is 7.98. The smallest absolute Gasteiger partial charge is 0.267 e. The summed E-state index contributed by atoms with van der Waals surface area (Å²) in [4.78, 5) is 20.6. The van der Waals surface area contributed by atoms with Gasteiger partial charge in [0.1, 0.15) is 10.6 Å². The van der Waals surface area contributed by atoms with E-state index in [1.54, 1.807) is 27.7 Å². The van der Waals surface area contributed by atoms with Gasteiger partial charge in [0.25, 0.3) is 5.56 Å². The molecule has 0 amide bonds. The summed E-state index contributed by atoms with van der Waals surface area (Å²) >= 11 is 3.15. The van der Waals surface area contributed by atoms with E-state index in [1.165, 1.54) is 5.56 Å². The molecule has 0 N–H and O–H groups in total. The minimum atomic E-state index is 0.00529. The van der Waals surface area contributed by atoms with E-state index in [-0.39, 0.29) is 5.56 Å². The molecule has 0 saturated heterocycles. The fraction of sp³-hybridized carbons (Fsp3) is 0.348. The first-order chi connectivity index (χ1) is 14.3. The van der Waals surface area contributed by atoms with Crippen molar-refractivity contribution in [3.05, 3.63) is 67.1 Å². The van der Waals surface area contributed by atoms with Crippen molar-refractivity contribution in [2.24, 2.45) is 0 Å². The topological polar surface area (TPSA) is 60.9 Å². The summed E-state index contributed by atoms with van der Waals surface area (Å²) in [6, 6.07) is 6.13. The normalized spacial score (nSPS) is 11.5. The Hall–Kier alpha value is -2.38. The summed E-state index contributed by atoms with van der Waals surface area (Å²) in [5.41, 5.74) is 6.24. The largest absolute Gasteiger partial charge is 0.361 e. The maximum atomic E-state index is 13.7. The van der Waals surface area contributed by atoms with Gasteiger partial charge in [-0.05, 0) is 69.9 Å². The molecule has 0 unspecified atom stereocenters. The van der Waals surface area contributed by atoms with E-state index < -0.39 is 0 Å². The van der Waals surface area contributed by atoms with Crippen LogP contribution in [0.15, 0.2) is 32.7 Å². The SMILES string of the molecule is CCc1c(C)sc2nc(SCc3c(C)noc3C)n(-c3ccc(C)c(C)c3)c(=O)c12. The molecule has 30 heavy (non-hydrogen) atoms. The molecule has 7 heteroatoms. The first kappa shape index (κ1) is 20.9. The number of thioether (sulfide) groups is 1. The van der Waals surface area contributed by atoms with Gasteiger partial charge >= 0.3 is 0 Å². The van der Waals surface area contributed by atoms with Crippen LogP contribution >= 0.6 is 23.1 Å². The van der Waals surface area contributed by atoms with Crippen LogP contribution in [-0.4, -0.2) is 14.7 Å². The fourth-order valence-corrected chi connectivity index (χ4v) is 5.98. The summed E-state index contributed by atoms with van der Waals surface area (Å²) in [5.74, 6) is 1.45.